The van der Waals surface area contributed by atoms with Crippen LogP contribution >= 0.6 is 0 Å². The number of hydrogen-bond donors (Lipinski definition) is 0. The summed E-state index contributed by atoms with van der Waals surface area (Å²) in [5.41, 5.74) is 7.82. The molecule has 0 aromatic heterocycles. The van der Waals surface area contributed by atoms with Crippen LogP contribution in [0.3, 0.4) is 0 Å². The van der Waals surface area contributed by atoms with Crippen LogP contribution in [-0.2, 0) is 11.3 Å². The Morgan fingerprint density at radius 2 is 1.43 bits per heavy atom. The minimum atomic E-state index is 0.646. The molecule has 0 radical (unpaired) electrons. The number of anilines is 1. The lowest BCUT2D eigenvalue weighted by atomic mass is 9.86. The van der Waals surface area contributed by atoms with Gasteiger partial charge in [0.1, 0.15) is 0 Å². The van der Waals surface area contributed by atoms with Gasteiger partial charge in [-0.3, -0.25) is 4.79 Å². The van der Waals surface area contributed by atoms with Crippen molar-refractivity contribution in [2.75, 3.05) is 4.90 Å². The number of fused-ring (bicyclic) bond motifs is 4. The summed E-state index contributed by atoms with van der Waals surface area (Å²) in [5, 5.41) is 0. The first-order valence-corrected chi connectivity index (χ1v) is 8.50. The largest absolute Gasteiger partial charge is 0.310 e. The molecular weight excluding hydrogens is 282 g/mol. The molecule has 23 heavy (non-hydrogen) atoms. The van der Waals surface area contributed by atoms with Crippen LogP contribution in [0.15, 0.2) is 48.5 Å². The van der Waals surface area contributed by atoms with Gasteiger partial charge in [0.25, 0.3) is 0 Å². The van der Waals surface area contributed by atoms with Gasteiger partial charge in [-0.1, -0.05) is 48.9 Å². The Morgan fingerprint density at radius 1 is 0.783 bits per heavy atom. The number of nitrogens with zero attached hydrogens (tertiary/aromatic N) is 1. The van der Waals surface area contributed by atoms with Crippen LogP contribution in [0.2, 0.25) is 0 Å². The Kier molecular flexibility index (Phi) is 3.74. The van der Waals surface area contributed by atoms with Crippen molar-refractivity contribution >= 4 is 23.2 Å². The minimum Gasteiger partial charge on any atom is -0.310 e. The van der Waals surface area contributed by atoms with E-state index in [0.717, 1.165) is 24.9 Å². The molecule has 116 valence electrons. The molecule has 2 aliphatic rings. The van der Waals surface area contributed by atoms with Crippen LogP contribution in [0.4, 0.5) is 5.69 Å². The third-order valence-electron chi connectivity index (χ3n) is 5.07. The molecule has 0 atom stereocenters. The average molecular weight is 303 g/mol. The maximum absolute atomic E-state index is 11.7. The van der Waals surface area contributed by atoms with Gasteiger partial charge in [-0.05, 0) is 54.0 Å². The van der Waals surface area contributed by atoms with E-state index in [4.69, 9.17) is 0 Å². The van der Waals surface area contributed by atoms with E-state index in [2.05, 4.69) is 42.5 Å². The maximum atomic E-state index is 11.7. The number of amides is 1. The molecule has 0 spiro atoms. The zero-order chi connectivity index (χ0) is 15.6. The zero-order valence-electron chi connectivity index (χ0n) is 13.3. The maximum Gasteiger partial charge on any atom is 0.214 e. The summed E-state index contributed by atoms with van der Waals surface area (Å²) in [6, 6.07) is 17.0. The Bertz CT molecular complexity index is 775. The molecule has 0 N–H and O–H groups in total. The van der Waals surface area contributed by atoms with E-state index >= 15 is 0 Å². The number of benzene rings is 2. The van der Waals surface area contributed by atoms with Gasteiger partial charge in [-0.15, -0.1) is 0 Å². The number of rotatable bonds is 1. The topological polar surface area (TPSA) is 20.3 Å². The Labute approximate surface area is 137 Å². The van der Waals surface area contributed by atoms with E-state index in [1.54, 1.807) is 0 Å². The Balaban J connectivity index is 2.03. The summed E-state index contributed by atoms with van der Waals surface area (Å²) >= 11 is 0. The molecule has 0 unspecified atom stereocenters. The standard InChI is InChI=1S/C21H21NO/c23-15-22-14-16-8-4-5-9-17(16)18-10-2-1-3-11-19(18)20-12-6-7-13-21(20)22/h4-9,12-13,15H,1-3,10-11,14H2. The third-order valence-corrected chi connectivity index (χ3v) is 5.07. The van der Waals surface area contributed by atoms with E-state index in [-0.39, 0.29) is 0 Å². The van der Waals surface area contributed by atoms with Crippen molar-refractivity contribution in [3.05, 3.63) is 65.2 Å². The van der Waals surface area contributed by atoms with Crippen LogP contribution in [0.1, 0.15) is 48.8 Å². The summed E-state index contributed by atoms with van der Waals surface area (Å²) in [7, 11) is 0. The molecule has 1 amide bonds. The molecule has 2 aromatic carbocycles. The highest BCUT2D eigenvalue weighted by Gasteiger charge is 2.24. The normalized spacial score (nSPS) is 17.3. The molecule has 0 bridgehead atoms. The lowest BCUT2D eigenvalue weighted by Gasteiger charge is -2.28. The van der Waals surface area contributed by atoms with Crippen LogP contribution in [-0.4, -0.2) is 6.41 Å². The molecule has 2 aromatic rings. The van der Waals surface area contributed by atoms with Crippen LogP contribution in [0, 0.1) is 0 Å². The van der Waals surface area contributed by atoms with Crippen molar-refractivity contribution in [3.8, 4) is 0 Å². The SMILES string of the molecule is O=CN1Cc2ccccc2C2=C(CCCCC2)c2ccccc21. The van der Waals surface area contributed by atoms with Crippen LogP contribution in [0.25, 0.3) is 11.1 Å². The van der Waals surface area contributed by atoms with Crippen molar-refractivity contribution in [1.29, 1.82) is 0 Å². The van der Waals surface area contributed by atoms with E-state index in [1.807, 2.05) is 11.0 Å². The number of hydrogen-bond acceptors (Lipinski definition) is 1. The molecule has 2 nitrogen and oxygen atoms in total. The van der Waals surface area contributed by atoms with Gasteiger partial charge in [0.15, 0.2) is 0 Å². The lowest BCUT2D eigenvalue weighted by molar-refractivity contribution is -0.107. The minimum absolute atomic E-state index is 0.646. The molecule has 1 aliphatic heterocycles. The van der Waals surface area contributed by atoms with Gasteiger partial charge in [0, 0.05) is 5.56 Å². The van der Waals surface area contributed by atoms with Gasteiger partial charge >= 0.3 is 0 Å². The molecule has 1 aliphatic carbocycles. The van der Waals surface area contributed by atoms with Crippen LogP contribution < -0.4 is 4.90 Å². The molecular formula is C21H21NO. The lowest BCUT2D eigenvalue weighted by Crippen LogP contribution is -2.23. The summed E-state index contributed by atoms with van der Waals surface area (Å²) in [6.07, 6.45) is 6.99. The third kappa shape index (κ3) is 2.48. The van der Waals surface area contributed by atoms with Gasteiger partial charge in [0.05, 0.1) is 12.2 Å². The molecule has 2 heteroatoms. The van der Waals surface area contributed by atoms with Crippen molar-refractivity contribution in [2.24, 2.45) is 0 Å². The Hall–Kier alpha value is -2.35. The number of carbonyl (C=O) groups excluding carboxylic acids is 1. The van der Waals surface area contributed by atoms with Gasteiger partial charge < -0.3 is 4.90 Å². The summed E-state index contributed by atoms with van der Waals surface area (Å²) in [6.45, 7) is 0.646. The van der Waals surface area contributed by atoms with Crippen LogP contribution in [0.5, 0.6) is 0 Å². The van der Waals surface area contributed by atoms with Crippen molar-refractivity contribution in [1.82, 2.24) is 0 Å². The zero-order valence-corrected chi connectivity index (χ0v) is 13.3. The second kappa shape index (κ2) is 6.04. The van der Waals surface area contributed by atoms with E-state index in [0.29, 0.717) is 6.54 Å². The predicted octanol–water partition coefficient (Wildman–Crippen LogP) is 5.04. The predicted molar refractivity (Wildman–Crippen MR) is 95.0 cm³/mol. The van der Waals surface area contributed by atoms with E-state index < -0.39 is 0 Å². The van der Waals surface area contributed by atoms with E-state index in [1.165, 1.54) is 47.1 Å². The smallest absolute Gasteiger partial charge is 0.214 e. The molecule has 4 rings (SSSR count). The highest BCUT2D eigenvalue weighted by Crippen LogP contribution is 2.43. The second-order valence-electron chi connectivity index (χ2n) is 6.43. The quantitative estimate of drug-likeness (QED) is 0.676. The van der Waals surface area contributed by atoms with Gasteiger partial charge in [0.2, 0.25) is 6.41 Å². The summed E-state index contributed by atoms with van der Waals surface area (Å²) in [4.78, 5) is 13.6. The molecule has 1 heterocycles. The van der Waals surface area contributed by atoms with Crippen molar-refractivity contribution in [2.45, 2.75) is 38.6 Å². The number of carbonyl (C=O) groups is 1. The first kappa shape index (κ1) is 14.3. The second-order valence-corrected chi connectivity index (χ2v) is 6.43. The monoisotopic (exact) mass is 303 g/mol. The molecule has 0 fully saturated rings. The van der Waals surface area contributed by atoms with Gasteiger partial charge in [-0.25, -0.2) is 0 Å². The molecule has 0 saturated carbocycles. The number of para-hydroxylation sites is 1. The van der Waals surface area contributed by atoms with Crippen molar-refractivity contribution in [3.63, 3.8) is 0 Å². The Morgan fingerprint density at radius 3 is 2.22 bits per heavy atom. The first-order chi connectivity index (χ1) is 11.4. The summed E-state index contributed by atoms with van der Waals surface area (Å²) in [5.74, 6) is 0. The fraction of sp³-hybridized carbons (Fsp3) is 0.286. The van der Waals surface area contributed by atoms with Gasteiger partial charge in [-0.2, -0.15) is 0 Å². The summed E-state index contributed by atoms with van der Waals surface area (Å²) < 4.78 is 0. The highest BCUT2D eigenvalue weighted by atomic mass is 16.1. The first-order valence-electron chi connectivity index (χ1n) is 8.50. The van der Waals surface area contributed by atoms with Crippen molar-refractivity contribution < 1.29 is 4.79 Å². The number of allylic oxidation sites excluding steroid dienone is 2. The fourth-order valence-corrected chi connectivity index (χ4v) is 3.97. The van der Waals surface area contributed by atoms with E-state index in [9.17, 15) is 4.79 Å². The average Bonchev–Trinajstić information content (AvgIpc) is 2.84. The molecule has 0 saturated heterocycles. The fourth-order valence-electron chi connectivity index (χ4n) is 3.97. The highest BCUT2D eigenvalue weighted by molar-refractivity contribution is 5.98.